The minimum Gasteiger partial charge on any atom is -0.370 e. The Labute approximate surface area is 107 Å². The average Bonchev–Trinajstić information content (AvgIpc) is 2.87. The molecule has 4 nitrogen and oxygen atoms in total. The van der Waals surface area contributed by atoms with E-state index in [-0.39, 0.29) is 11.8 Å². The summed E-state index contributed by atoms with van der Waals surface area (Å²) in [5, 5.41) is 3.39. The van der Waals surface area contributed by atoms with Crippen molar-refractivity contribution in [1.29, 1.82) is 0 Å². The van der Waals surface area contributed by atoms with E-state index in [9.17, 15) is 4.79 Å². The van der Waals surface area contributed by atoms with Crippen molar-refractivity contribution < 1.29 is 4.79 Å². The smallest absolute Gasteiger partial charge is 0.222 e. The van der Waals surface area contributed by atoms with Crippen LogP contribution in [-0.2, 0) is 17.8 Å². The molecule has 0 spiro atoms. The Kier molecular flexibility index (Phi) is 2.96. The third-order valence-corrected chi connectivity index (χ3v) is 4.05. The number of carbonyl (C=O) groups is 1. The first-order chi connectivity index (χ1) is 8.75. The highest BCUT2D eigenvalue weighted by Crippen LogP contribution is 2.30. The van der Waals surface area contributed by atoms with E-state index in [1.165, 1.54) is 16.8 Å². The van der Waals surface area contributed by atoms with Crippen molar-refractivity contribution in [2.75, 3.05) is 24.5 Å². The summed E-state index contributed by atoms with van der Waals surface area (Å²) in [4.78, 5) is 13.6. The van der Waals surface area contributed by atoms with Crippen molar-refractivity contribution in [2.24, 2.45) is 11.7 Å². The molecule has 1 atom stereocenters. The molecule has 1 aromatic rings. The Morgan fingerprint density at radius 2 is 2.33 bits per heavy atom. The number of anilines is 1. The summed E-state index contributed by atoms with van der Waals surface area (Å²) in [6.07, 6.45) is 1.96. The second-order valence-electron chi connectivity index (χ2n) is 5.18. The van der Waals surface area contributed by atoms with Crippen LogP contribution in [0.5, 0.6) is 0 Å². The lowest BCUT2D eigenvalue weighted by Crippen LogP contribution is -2.30. The first-order valence-electron chi connectivity index (χ1n) is 6.61. The van der Waals surface area contributed by atoms with Crippen molar-refractivity contribution in [3.8, 4) is 0 Å². The molecule has 3 rings (SSSR count). The average molecular weight is 245 g/mol. The zero-order chi connectivity index (χ0) is 12.5. The first kappa shape index (κ1) is 11.5. The van der Waals surface area contributed by atoms with Gasteiger partial charge in [-0.2, -0.15) is 0 Å². The summed E-state index contributed by atoms with van der Waals surface area (Å²) in [5.74, 6) is -0.147. The molecule has 1 saturated heterocycles. The molecular formula is C14H19N3O. The molecule has 0 bridgehead atoms. The molecule has 2 heterocycles. The van der Waals surface area contributed by atoms with E-state index in [4.69, 9.17) is 5.73 Å². The topological polar surface area (TPSA) is 58.4 Å². The number of hydrogen-bond acceptors (Lipinski definition) is 3. The third kappa shape index (κ3) is 1.97. The summed E-state index contributed by atoms with van der Waals surface area (Å²) >= 11 is 0. The maximum Gasteiger partial charge on any atom is 0.222 e. The van der Waals surface area contributed by atoms with Crippen molar-refractivity contribution in [1.82, 2.24) is 5.32 Å². The van der Waals surface area contributed by atoms with Gasteiger partial charge in [0.1, 0.15) is 0 Å². The predicted octanol–water partition coefficient (Wildman–Crippen LogP) is 0.644. The van der Waals surface area contributed by atoms with Gasteiger partial charge in [-0.1, -0.05) is 12.1 Å². The molecule has 2 aliphatic heterocycles. The largest absolute Gasteiger partial charge is 0.370 e. The standard InChI is InChI=1S/C14H19N3O/c15-14(18)11-5-7-17(9-11)13-3-1-2-10-8-16-6-4-12(10)13/h1-3,11,16H,4-9H2,(H2,15,18). The minimum absolute atomic E-state index is 0.0163. The van der Waals surface area contributed by atoms with E-state index >= 15 is 0 Å². The van der Waals surface area contributed by atoms with Crippen molar-refractivity contribution in [3.63, 3.8) is 0 Å². The fourth-order valence-corrected chi connectivity index (χ4v) is 3.02. The summed E-state index contributed by atoms with van der Waals surface area (Å²) in [7, 11) is 0. The lowest BCUT2D eigenvalue weighted by atomic mass is 9.98. The molecule has 0 aromatic heterocycles. The van der Waals surface area contributed by atoms with Gasteiger partial charge < -0.3 is 16.0 Å². The Morgan fingerprint density at radius 3 is 3.11 bits per heavy atom. The minimum atomic E-state index is -0.163. The number of hydrogen-bond donors (Lipinski definition) is 2. The third-order valence-electron chi connectivity index (χ3n) is 4.05. The number of carbonyl (C=O) groups excluding carboxylic acids is 1. The van der Waals surface area contributed by atoms with E-state index in [1.54, 1.807) is 0 Å². The molecule has 18 heavy (non-hydrogen) atoms. The molecule has 1 aromatic carbocycles. The van der Waals surface area contributed by atoms with Gasteiger partial charge in [-0.25, -0.2) is 0 Å². The number of benzene rings is 1. The van der Waals surface area contributed by atoms with E-state index in [0.29, 0.717) is 0 Å². The number of rotatable bonds is 2. The van der Waals surface area contributed by atoms with E-state index in [2.05, 4.69) is 28.4 Å². The van der Waals surface area contributed by atoms with Gasteiger partial charge in [0.05, 0.1) is 5.92 Å². The molecule has 4 heteroatoms. The Morgan fingerprint density at radius 1 is 1.44 bits per heavy atom. The van der Waals surface area contributed by atoms with E-state index in [1.807, 2.05) is 0 Å². The van der Waals surface area contributed by atoms with Crippen LogP contribution in [0.15, 0.2) is 18.2 Å². The summed E-state index contributed by atoms with van der Waals surface area (Å²) in [6, 6.07) is 6.47. The van der Waals surface area contributed by atoms with Crippen LogP contribution in [0.4, 0.5) is 5.69 Å². The summed E-state index contributed by atoms with van der Waals surface area (Å²) < 4.78 is 0. The number of primary amides is 1. The zero-order valence-corrected chi connectivity index (χ0v) is 10.5. The number of fused-ring (bicyclic) bond motifs is 1. The molecule has 2 aliphatic rings. The first-order valence-corrected chi connectivity index (χ1v) is 6.61. The van der Waals surface area contributed by atoms with E-state index in [0.717, 1.165) is 39.0 Å². The van der Waals surface area contributed by atoms with Crippen molar-refractivity contribution in [2.45, 2.75) is 19.4 Å². The van der Waals surface area contributed by atoms with Gasteiger partial charge in [-0.3, -0.25) is 4.79 Å². The summed E-state index contributed by atoms with van der Waals surface area (Å²) in [6.45, 7) is 3.71. The van der Waals surface area contributed by atoms with Crippen LogP contribution >= 0.6 is 0 Å². The molecule has 0 radical (unpaired) electrons. The maximum absolute atomic E-state index is 11.3. The Bertz CT molecular complexity index is 472. The highest BCUT2D eigenvalue weighted by molar-refractivity contribution is 5.78. The van der Waals surface area contributed by atoms with Crippen LogP contribution in [0.25, 0.3) is 0 Å². The van der Waals surface area contributed by atoms with Gasteiger partial charge in [0, 0.05) is 25.3 Å². The van der Waals surface area contributed by atoms with Crippen LogP contribution in [0.3, 0.4) is 0 Å². The van der Waals surface area contributed by atoms with Crippen molar-refractivity contribution in [3.05, 3.63) is 29.3 Å². The van der Waals surface area contributed by atoms with Crippen LogP contribution < -0.4 is 16.0 Å². The number of amides is 1. The van der Waals surface area contributed by atoms with Crippen molar-refractivity contribution >= 4 is 11.6 Å². The SMILES string of the molecule is NC(=O)C1CCN(c2cccc3c2CCNC3)C1. The van der Waals surface area contributed by atoms with Crippen LogP contribution in [0.1, 0.15) is 17.5 Å². The molecule has 0 aliphatic carbocycles. The van der Waals surface area contributed by atoms with Gasteiger partial charge in [0.2, 0.25) is 5.91 Å². The molecule has 96 valence electrons. The van der Waals surface area contributed by atoms with Gasteiger partial charge in [-0.15, -0.1) is 0 Å². The summed E-state index contributed by atoms with van der Waals surface area (Å²) in [5.41, 5.74) is 9.54. The number of nitrogens with zero attached hydrogens (tertiary/aromatic N) is 1. The molecule has 0 saturated carbocycles. The van der Waals surface area contributed by atoms with Crippen LogP contribution in [0.2, 0.25) is 0 Å². The Balaban J connectivity index is 1.87. The Hall–Kier alpha value is -1.55. The molecule has 1 fully saturated rings. The number of nitrogens with one attached hydrogen (secondary N) is 1. The molecule has 3 N–H and O–H groups in total. The van der Waals surface area contributed by atoms with Gasteiger partial charge in [0.15, 0.2) is 0 Å². The highest BCUT2D eigenvalue weighted by Gasteiger charge is 2.28. The highest BCUT2D eigenvalue weighted by atomic mass is 16.1. The van der Waals surface area contributed by atoms with Gasteiger partial charge >= 0.3 is 0 Å². The lowest BCUT2D eigenvalue weighted by Gasteiger charge is -2.26. The monoisotopic (exact) mass is 245 g/mol. The second kappa shape index (κ2) is 4.61. The molecular weight excluding hydrogens is 226 g/mol. The fourth-order valence-electron chi connectivity index (χ4n) is 3.02. The quantitative estimate of drug-likeness (QED) is 0.804. The second-order valence-corrected chi connectivity index (χ2v) is 5.18. The van der Waals surface area contributed by atoms with Crippen LogP contribution in [0, 0.1) is 5.92 Å². The lowest BCUT2D eigenvalue weighted by molar-refractivity contribution is -0.121. The zero-order valence-electron chi connectivity index (χ0n) is 10.5. The van der Waals surface area contributed by atoms with Crippen LogP contribution in [-0.4, -0.2) is 25.5 Å². The molecule has 1 amide bonds. The predicted molar refractivity (Wildman–Crippen MR) is 71.4 cm³/mol. The number of nitrogens with two attached hydrogens (primary N) is 1. The van der Waals surface area contributed by atoms with E-state index < -0.39 is 0 Å². The molecule has 1 unspecified atom stereocenters. The van der Waals surface area contributed by atoms with Gasteiger partial charge in [0.25, 0.3) is 0 Å². The van der Waals surface area contributed by atoms with Gasteiger partial charge in [-0.05, 0) is 36.6 Å². The fraction of sp³-hybridized carbons (Fsp3) is 0.500. The maximum atomic E-state index is 11.3. The normalized spacial score (nSPS) is 22.9.